The fraction of sp³-hybridized carbons (Fsp3) is 0.385. The predicted octanol–water partition coefficient (Wildman–Crippen LogP) is 2.58. The third-order valence-electron chi connectivity index (χ3n) is 2.54. The van der Waals surface area contributed by atoms with Gasteiger partial charge in [0.2, 0.25) is 0 Å². The van der Waals surface area contributed by atoms with Crippen LogP contribution >= 0.6 is 11.6 Å². The summed E-state index contributed by atoms with van der Waals surface area (Å²) >= 11 is 5.85. The van der Waals surface area contributed by atoms with Crippen molar-refractivity contribution in [2.24, 2.45) is 5.92 Å². The fourth-order valence-corrected chi connectivity index (χ4v) is 1.75. The Balaban J connectivity index is 2.54. The van der Waals surface area contributed by atoms with E-state index in [0.29, 0.717) is 16.5 Å². The Morgan fingerprint density at radius 2 is 2.15 bits per heavy atom. The summed E-state index contributed by atoms with van der Waals surface area (Å²) in [6.07, 6.45) is 0.000760. The van der Waals surface area contributed by atoms with E-state index in [-0.39, 0.29) is 18.9 Å². The van der Waals surface area contributed by atoms with Gasteiger partial charge in [-0.3, -0.25) is 4.79 Å². The van der Waals surface area contributed by atoms with E-state index in [2.05, 4.69) is 10.6 Å². The van der Waals surface area contributed by atoms with Gasteiger partial charge < -0.3 is 20.5 Å². The first-order valence-corrected chi connectivity index (χ1v) is 6.40. The Morgan fingerprint density at radius 3 is 2.75 bits per heavy atom. The summed E-state index contributed by atoms with van der Waals surface area (Å²) < 4.78 is 5.10. The second-order valence-electron chi connectivity index (χ2n) is 4.38. The molecular formula is C13H17ClN2O4. The number of carboxylic acid groups (broad SMARTS) is 1. The molecule has 0 saturated carbocycles. The molecule has 1 aromatic carbocycles. The van der Waals surface area contributed by atoms with Gasteiger partial charge in [-0.25, -0.2) is 4.79 Å². The Bertz CT molecular complexity index is 493. The number of amides is 2. The van der Waals surface area contributed by atoms with Crippen molar-refractivity contribution in [3.63, 3.8) is 0 Å². The van der Waals surface area contributed by atoms with Crippen LogP contribution in [0.5, 0.6) is 5.75 Å². The van der Waals surface area contributed by atoms with Crippen molar-refractivity contribution in [1.29, 1.82) is 0 Å². The van der Waals surface area contributed by atoms with Crippen molar-refractivity contribution in [1.82, 2.24) is 5.32 Å². The molecule has 0 aliphatic rings. The zero-order valence-electron chi connectivity index (χ0n) is 11.3. The number of aliphatic carboxylic acids is 1. The van der Waals surface area contributed by atoms with Crippen LogP contribution in [0.25, 0.3) is 0 Å². The minimum Gasteiger partial charge on any atom is -0.495 e. The molecule has 6 nitrogen and oxygen atoms in total. The van der Waals surface area contributed by atoms with E-state index in [0.717, 1.165) is 0 Å². The first kappa shape index (κ1) is 16.1. The lowest BCUT2D eigenvalue weighted by Gasteiger charge is -2.13. The van der Waals surface area contributed by atoms with Crippen LogP contribution in [0.1, 0.15) is 13.3 Å². The third-order valence-corrected chi connectivity index (χ3v) is 2.78. The molecule has 0 fully saturated rings. The number of hydrogen-bond donors (Lipinski definition) is 3. The molecule has 1 unspecified atom stereocenters. The van der Waals surface area contributed by atoms with E-state index in [1.165, 1.54) is 7.11 Å². The van der Waals surface area contributed by atoms with E-state index in [4.69, 9.17) is 21.4 Å². The number of carbonyl (C=O) groups is 2. The van der Waals surface area contributed by atoms with Crippen LogP contribution in [0.3, 0.4) is 0 Å². The van der Waals surface area contributed by atoms with Crippen LogP contribution < -0.4 is 15.4 Å². The summed E-state index contributed by atoms with van der Waals surface area (Å²) in [5, 5.41) is 14.3. The van der Waals surface area contributed by atoms with Gasteiger partial charge in [0.1, 0.15) is 5.75 Å². The van der Waals surface area contributed by atoms with Crippen LogP contribution in [0.15, 0.2) is 18.2 Å². The molecule has 1 rings (SSSR count). The number of hydrogen-bond acceptors (Lipinski definition) is 3. The number of rotatable bonds is 6. The Morgan fingerprint density at radius 1 is 1.45 bits per heavy atom. The molecule has 0 aromatic heterocycles. The summed E-state index contributed by atoms with van der Waals surface area (Å²) in [4.78, 5) is 22.2. The molecular weight excluding hydrogens is 284 g/mol. The molecule has 0 heterocycles. The Labute approximate surface area is 122 Å². The largest absolute Gasteiger partial charge is 0.495 e. The van der Waals surface area contributed by atoms with Crippen LogP contribution in [0, 0.1) is 5.92 Å². The van der Waals surface area contributed by atoms with Gasteiger partial charge in [-0.1, -0.05) is 18.5 Å². The van der Waals surface area contributed by atoms with E-state index < -0.39 is 12.0 Å². The first-order valence-electron chi connectivity index (χ1n) is 6.02. The van der Waals surface area contributed by atoms with Crippen molar-refractivity contribution in [2.75, 3.05) is 19.0 Å². The Hall–Kier alpha value is -1.95. The molecule has 7 heteroatoms. The number of halogens is 1. The van der Waals surface area contributed by atoms with Crippen molar-refractivity contribution < 1.29 is 19.4 Å². The van der Waals surface area contributed by atoms with Crippen LogP contribution in [-0.4, -0.2) is 30.8 Å². The molecule has 0 radical (unpaired) electrons. The number of nitrogens with one attached hydrogen (secondary N) is 2. The van der Waals surface area contributed by atoms with Gasteiger partial charge in [0.25, 0.3) is 0 Å². The third kappa shape index (κ3) is 5.36. The highest BCUT2D eigenvalue weighted by Crippen LogP contribution is 2.27. The van der Waals surface area contributed by atoms with E-state index >= 15 is 0 Å². The summed E-state index contributed by atoms with van der Waals surface area (Å²) in [6, 6.07) is 4.42. The number of anilines is 1. The molecule has 2 amide bonds. The number of methoxy groups -OCH3 is 1. The molecule has 3 N–H and O–H groups in total. The minimum absolute atomic E-state index is 0.000760. The maximum atomic E-state index is 11.7. The zero-order valence-corrected chi connectivity index (χ0v) is 12.0. The maximum Gasteiger partial charge on any atom is 0.319 e. The summed E-state index contributed by atoms with van der Waals surface area (Å²) in [5.41, 5.74) is 0.448. The molecule has 110 valence electrons. The van der Waals surface area contributed by atoms with Gasteiger partial charge in [0, 0.05) is 18.0 Å². The molecule has 0 aliphatic carbocycles. The van der Waals surface area contributed by atoms with Gasteiger partial charge in [0.15, 0.2) is 0 Å². The lowest BCUT2D eigenvalue weighted by atomic mass is 10.1. The van der Waals surface area contributed by atoms with Crippen LogP contribution in [0.4, 0.5) is 10.5 Å². The Kier molecular flexibility index (Phi) is 6.11. The molecule has 0 spiro atoms. The summed E-state index contributed by atoms with van der Waals surface area (Å²) in [7, 11) is 1.49. The van der Waals surface area contributed by atoms with Crippen LogP contribution in [0.2, 0.25) is 5.02 Å². The van der Waals surface area contributed by atoms with Gasteiger partial charge in [-0.05, 0) is 24.1 Å². The van der Waals surface area contributed by atoms with Crippen molar-refractivity contribution >= 4 is 29.3 Å². The van der Waals surface area contributed by atoms with Crippen LogP contribution in [-0.2, 0) is 4.79 Å². The van der Waals surface area contributed by atoms with E-state index in [1.54, 1.807) is 25.1 Å². The number of benzene rings is 1. The fourth-order valence-electron chi connectivity index (χ4n) is 1.58. The summed E-state index contributed by atoms with van der Waals surface area (Å²) in [5.74, 6) is -0.557. The number of urea groups is 1. The van der Waals surface area contributed by atoms with Gasteiger partial charge in [0.05, 0.1) is 12.8 Å². The SMILES string of the molecule is COc1ccc(Cl)cc1NC(=O)NCC(C)CC(=O)O. The zero-order chi connectivity index (χ0) is 15.1. The predicted molar refractivity (Wildman–Crippen MR) is 76.4 cm³/mol. The molecule has 20 heavy (non-hydrogen) atoms. The molecule has 0 saturated heterocycles. The van der Waals surface area contributed by atoms with Crippen molar-refractivity contribution in [3.8, 4) is 5.75 Å². The van der Waals surface area contributed by atoms with Gasteiger partial charge in [-0.2, -0.15) is 0 Å². The average Bonchev–Trinajstić information content (AvgIpc) is 2.36. The highest BCUT2D eigenvalue weighted by molar-refractivity contribution is 6.31. The van der Waals surface area contributed by atoms with Crippen molar-refractivity contribution in [2.45, 2.75) is 13.3 Å². The van der Waals surface area contributed by atoms with Gasteiger partial charge in [-0.15, -0.1) is 0 Å². The number of carboxylic acids is 1. The summed E-state index contributed by atoms with van der Waals surface area (Å²) in [6.45, 7) is 2.01. The minimum atomic E-state index is -0.892. The van der Waals surface area contributed by atoms with Gasteiger partial charge >= 0.3 is 12.0 Å². The number of carbonyl (C=O) groups excluding carboxylic acids is 1. The monoisotopic (exact) mass is 300 g/mol. The molecule has 0 bridgehead atoms. The maximum absolute atomic E-state index is 11.7. The topological polar surface area (TPSA) is 87.7 Å². The molecule has 1 aromatic rings. The van der Waals surface area contributed by atoms with E-state index in [9.17, 15) is 9.59 Å². The average molecular weight is 301 g/mol. The van der Waals surface area contributed by atoms with Crippen molar-refractivity contribution in [3.05, 3.63) is 23.2 Å². The molecule has 0 aliphatic heterocycles. The quantitative estimate of drug-likeness (QED) is 0.753. The standard InChI is InChI=1S/C13H17ClN2O4/c1-8(5-12(17)18)7-15-13(19)16-10-6-9(14)3-4-11(10)20-2/h3-4,6,8H,5,7H2,1-2H3,(H,17,18)(H2,15,16,19). The second kappa shape index (κ2) is 7.59. The lowest BCUT2D eigenvalue weighted by Crippen LogP contribution is -2.33. The lowest BCUT2D eigenvalue weighted by molar-refractivity contribution is -0.137. The second-order valence-corrected chi connectivity index (χ2v) is 4.82. The number of ether oxygens (including phenoxy) is 1. The molecule has 1 atom stereocenters. The smallest absolute Gasteiger partial charge is 0.319 e. The van der Waals surface area contributed by atoms with E-state index in [1.807, 2.05) is 0 Å². The highest BCUT2D eigenvalue weighted by Gasteiger charge is 2.11. The first-order chi connectivity index (χ1) is 9.42. The highest BCUT2D eigenvalue weighted by atomic mass is 35.5. The normalized spacial score (nSPS) is 11.6.